The molecule has 0 saturated carbocycles. The van der Waals surface area contributed by atoms with Crippen molar-refractivity contribution < 1.29 is 14.7 Å². The summed E-state index contributed by atoms with van der Waals surface area (Å²) in [6, 6.07) is 1.14. The van der Waals surface area contributed by atoms with Crippen LogP contribution < -0.4 is 11.1 Å². The zero-order chi connectivity index (χ0) is 14.6. The first kappa shape index (κ1) is 15.1. The predicted octanol–water partition coefficient (Wildman–Crippen LogP) is 1.37. The highest BCUT2D eigenvalue weighted by Gasteiger charge is 2.19. The Morgan fingerprint density at radius 2 is 2.16 bits per heavy atom. The van der Waals surface area contributed by atoms with E-state index in [0.29, 0.717) is 10.6 Å². The number of hydrogen-bond acceptors (Lipinski definition) is 5. The number of aryl methyl sites for hydroxylation is 1. The number of carbonyl (C=O) groups excluding carboxylic acids is 1. The minimum absolute atomic E-state index is 0.0619. The third kappa shape index (κ3) is 3.77. The Bertz CT molecular complexity index is 545. The van der Waals surface area contributed by atoms with E-state index in [1.54, 1.807) is 0 Å². The van der Waals surface area contributed by atoms with Crippen molar-refractivity contribution in [1.82, 2.24) is 0 Å². The zero-order valence-electron chi connectivity index (χ0n) is 10.7. The van der Waals surface area contributed by atoms with Crippen LogP contribution in [0, 0.1) is 25.2 Å². The number of carboxylic acids is 1. The van der Waals surface area contributed by atoms with E-state index < -0.39 is 17.9 Å². The van der Waals surface area contributed by atoms with Gasteiger partial charge in [-0.15, -0.1) is 11.3 Å². The second kappa shape index (κ2) is 6.31. The van der Waals surface area contributed by atoms with Crippen LogP contribution >= 0.6 is 11.3 Å². The Kier molecular flexibility index (Phi) is 5.03. The third-order valence-corrected chi connectivity index (χ3v) is 3.86. The van der Waals surface area contributed by atoms with Gasteiger partial charge in [0.2, 0.25) is 5.91 Å². The fraction of sp³-hybridized carbons (Fsp3) is 0.417. The second-order valence-corrected chi connectivity index (χ2v) is 5.35. The van der Waals surface area contributed by atoms with E-state index in [-0.39, 0.29) is 12.8 Å². The number of carbonyl (C=O) groups is 2. The molecular weight excluding hydrogens is 266 g/mol. The van der Waals surface area contributed by atoms with Crippen LogP contribution in [0.2, 0.25) is 0 Å². The lowest BCUT2D eigenvalue weighted by atomic mass is 10.1. The van der Waals surface area contributed by atoms with Gasteiger partial charge >= 0.3 is 5.97 Å². The van der Waals surface area contributed by atoms with E-state index in [1.807, 2.05) is 19.9 Å². The molecule has 0 radical (unpaired) electrons. The maximum absolute atomic E-state index is 11.8. The lowest BCUT2D eigenvalue weighted by Crippen LogP contribution is -2.36. The highest BCUT2D eigenvalue weighted by atomic mass is 32.1. The summed E-state index contributed by atoms with van der Waals surface area (Å²) in [6.45, 7) is 3.67. The van der Waals surface area contributed by atoms with Crippen molar-refractivity contribution in [2.75, 3.05) is 5.32 Å². The van der Waals surface area contributed by atoms with E-state index in [4.69, 9.17) is 16.1 Å². The Labute approximate surface area is 114 Å². The molecule has 4 N–H and O–H groups in total. The van der Waals surface area contributed by atoms with Gasteiger partial charge in [0.05, 0.1) is 11.6 Å². The molecule has 1 amide bonds. The van der Waals surface area contributed by atoms with Gasteiger partial charge in [-0.3, -0.25) is 9.59 Å². The third-order valence-electron chi connectivity index (χ3n) is 2.74. The molecule has 1 aromatic heterocycles. The van der Waals surface area contributed by atoms with Crippen molar-refractivity contribution >= 4 is 28.2 Å². The van der Waals surface area contributed by atoms with E-state index >= 15 is 0 Å². The van der Waals surface area contributed by atoms with E-state index in [2.05, 4.69) is 5.32 Å². The second-order valence-electron chi connectivity index (χ2n) is 4.13. The SMILES string of the molecule is Cc1sc(NC(=O)C(N)CCC(=O)O)c(C#N)c1C. The first-order valence-corrected chi connectivity index (χ1v) is 6.46. The summed E-state index contributed by atoms with van der Waals surface area (Å²) in [7, 11) is 0. The summed E-state index contributed by atoms with van der Waals surface area (Å²) < 4.78 is 0. The number of nitriles is 1. The minimum atomic E-state index is -0.997. The Hall–Kier alpha value is -1.91. The van der Waals surface area contributed by atoms with Crippen molar-refractivity contribution in [3.05, 3.63) is 16.0 Å². The van der Waals surface area contributed by atoms with Gasteiger partial charge in [0.15, 0.2) is 0 Å². The Morgan fingerprint density at radius 3 is 2.68 bits per heavy atom. The van der Waals surface area contributed by atoms with Gasteiger partial charge in [-0.05, 0) is 25.8 Å². The van der Waals surface area contributed by atoms with Gasteiger partial charge in [0.1, 0.15) is 11.1 Å². The van der Waals surface area contributed by atoms with Crippen LogP contribution in [0.3, 0.4) is 0 Å². The summed E-state index contributed by atoms with van der Waals surface area (Å²) in [5.41, 5.74) is 6.86. The van der Waals surface area contributed by atoms with E-state index in [0.717, 1.165) is 10.4 Å². The van der Waals surface area contributed by atoms with Crippen molar-refractivity contribution in [1.29, 1.82) is 5.26 Å². The van der Waals surface area contributed by atoms with Crippen molar-refractivity contribution in [3.8, 4) is 6.07 Å². The molecule has 0 bridgehead atoms. The van der Waals surface area contributed by atoms with Crippen LogP contribution in [0.25, 0.3) is 0 Å². The monoisotopic (exact) mass is 281 g/mol. The molecule has 6 nitrogen and oxygen atoms in total. The van der Waals surface area contributed by atoms with Crippen molar-refractivity contribution in [2.45, 2.75) is 32.7 Å². The minimum Gasteiger partial charge on any atom is -0.481 e. The molecule has 1 unspecified atom stereocenters. The summed E-state index contributed by atoms with van der Waals surface area (Å²) in [5.74, 6) is -1.47. The van der Waals surface area contributed by atoms with Gasteiger partial charge in [0.25, 0.3) is 0 Å². The molecule has 0 aliphatic rings. The molecule has 1 rings (SSSR count). The Morgan fingerprint density at radius 1 is 1.53 bits per heavy atom. The maximum Gasteiger partial charge on any atom is 0.303 e. The molecule has 1 atom stereocenters. The van der Waals surface area contributed by atoms with Crippen molar-refractivity contribution in [3.63, 3.8) is 0 Å². The number of anilines is 1. The first-order valence-electron chi connectivity index (χ1n) is 5.65. The van der Waals surface area contributed by atoms with Crippen LogP contribution in [-0.2, 0) is 9.59 Å². The number of hydrogen-bond donors (Lipinski definition) is 3. The smallest absolute Gasteiger partial charge is 0.303 e. The zero-order valence-corrected chi connectivity index (χ0v) is 11.5. The van der Waals surface area contributed by atoms with Crippen LogP contribution in [0.1, 0.15) is 28.8 Å². The van der Waals surface area contributed by atoms with Crippen LogP contribution in [-0.4, -0.2) is 23.0 Å². The normalized spacial score (nSPS) is 11.7. The number of amides is 1. The van der Waals surface area contributed by atoms with Gasteiger partial charge in [-0.2, -0.15) is 5.26 Å². The molecule has 1 heterocycles. The molecule has 19 heavy (non-hydrogen) atoms. The topological polar surface area (TPSA) is 116 Å². The lowest BCUT2D eigenvalue weighted by Gasteiger charge is -2.10. The predicted molar refractivity (Wildman–Crippen MR) is 72.0 cm³/mol. The largest absolute Gasteiger partial charge is 0.481 e. The highest BCUT2D eigenvalue weighted by Crippen LogP contribution is 2.31. The standard InChI is InChI=1S/C12H15N3O3S/c1-6-7(2)19-12(8(6)5-13)15-11(18)9(14)3-4-10(16)17/h9H,3-4,14H2,1-2H3,(H,15,18)(H,16,17). The van der Waals surface area contributed by atoms with Crippen LogP contribution in [0.5, 0.6) is 0 Å². The summed E-state index contributed by atoms with van der Waals surface area (Å²) in [4.78, 5) is 23.1. The molecule has 0 aliphatic heterocycles. The molecule has 0 spiro atoms. The van der Waals surface area contributed by atoms with E-state index in [9.17, 15) is 9.59 Å². The maximum atomic E-state index is 11.8. The molecule has 7 heteroatoms. The lowest BCUT2D eigenvalue weighted by molar-refractivity contribution is -0.137. The summed E-state index contributed by atoms with van der Waals surface area (Å²) >= 11 is 1.31. The fourth-order valence-corrected chi connectivity index (χ4v) is 2.48. The average Bonchev–Trinajstić information content (AvgIpc) is 2.61. The average molecular weight is 281 g/mol. The Balaban J connectivity index is 2.75. The highest BCUT2D eigenvalue weighted by molar-refractivity contribution is 7.16. The number of nitrogens with two attached hydrogens (primary N) is 1. The van der Waals surface area contributed by atoms with Crippen LogP contribution in [0.4, 0.5) is 5.00 Å². The summed E-state index contributed by atoms with van der Waals surface area (Å²) in [6.07, 6.45) is -0.103. The number of rotatable bonds is 5. The number of thiophene rings is 1. The summed E-state index contributed by atoms with van der Waals surface area (Å²) in [5, 5.41) is 20.6. The molecule has 0 fully saturated rings. The van der Waals surface area contributed by atoms with Crippen LogP contribution in [0.15, 0.2) is 0 Å². The van der Waals surface area contributed by atoms with Gasteiger partial charge in [-0.25, -0.2) is 0 Å². The molecule has 0 aliphatic carbocycles. The first-order chi connectivity index (χ1) is 8.86. The number of carboxylic acid groups (broad SMARTS) is 1. The fourth-order valence-electron chi connectivity index (χ4n) is 1.46. The molecular formula is C12H15N3O3S. The number of nitrogens with one attached hydrogen (secondary N) is 1. The van der Waals surface area contributed by atoms with E-state index in [1.165, 1.54) is 11.3 Å². The van der Waals surface area contributed by atoms with Gasteiger partial charge < -0.3 is 16.2 Å². The van der Waals surface area contributed by atoms with Gasteiger partial charge in [0, 0.05) is 11.3 Å². The molecule has 0 aromatic carbocycles. The van der Waals surface area contributed by atoms with Gasteiger partial charge in [-0.1, -0.05) is 0 Å². The van der Waals surface area contributed by atoms with Crippen molar-refractivity contribution in [2.24, 2.45) is 5.73 Å². The quantitative estimate of drug-likeness (QED) is 0.753. The number of aliphatic carboxylic acids is 1. The molecule has 0 saturated heterocycles. The number of nitrogens with zero attached hydrogens (tertiary/aromatic N) is 1. The molecule has 102 valence electrons. The molecule has 1 aromatic rings.